The van der Waals surface area contributed by atoms with E-state index in [9.17, 15) is 0 Å². The Bertz CT molecular complexity index is 98.8. The Balaban J connectivity index is 2.79. The Morgan fingerprint density at radius 1 is 1.09 bits per heavy atom. The summed E-state index contributed by atoms with van der Waals surface area (Å²) in [5.41, 5.74) is 0. The van der Waals surface area contributed by atoms with Gasteiger partial charge in [0.2, 0.25) is 0 Å². The largest absolute Gasteiger partial charge is 0.306 e. The quantitative estimate of drug-likeness (QED) is 0.265. The van der Waals surface area contributed by atoms with Gasteiger partial charge < -0.3 is 8.37 Å². The molecule has 0 rings (SSSR count). The summed E-state index contributed by atoms with van der Waals surface area (Å²) in [6.45, 7) is 8.75. The average molecular weight is 210 g/mol. The van der Waals surface area contributed by atoms with Gasteiger partial charge in [-0.25, -0.2) is 0 Å². The van der Waals surface area contributed by atoms with Crippen molar-refractivity contribution in [3.63, 3.8) is 0 Å². The zero-order valence-corrected chi connectivity index (χ0v) is 8.75. The third kappa shape index (κ3) is 10.5. The van der Waals surface area contributed by atoms with Crippen LogP contribution >= 0.6 is 30.3 Å². The second-order valence-corrected chi connectivity index (χ2v) is 5.37. The minimum Gasteiger partial charge on any atom is -0.306 e. The predicted octanol–water partition coefficient (Wildman–Crippen LogP) is 3.20. The lowest BCUT2D eigenvalue weighted by Crippen LogP contribution is -1.75. The van der Waals surface area contributed by atoms with E-state index in [0.29, 0.717) is 20.2 Å². The van der Waals surface area contributed by atoms with Crippen LogP contribution in [0.1, 0.15) is 0 Å². The lowest BCUT2D eigenvalue weighted by molar-refractivity contribution is 0.434. The van der Waals surface area contributed by atoms with Crippen molar-refractivity contribution in [2.45, 2.75) is 0 Å². The molecule has 0 fully saturated rings. The molecule has 0 atom stereocenters. The normalized spacial score (nSPS) is 9.45. The van der Waals surface area contributed by atoms with E-state index in [1.807, 2.05) is 0 Å². The van der Waals surface area contributed by atoms with Crippen LogP contribution in [0.4, 0.5) is 0 Å². The minimum absolute atomic E-state index is 0.545. The number of hydrogen-bond donors (Lipinski definition) is 0. The molecule has 0 aliphatic heterocycles. The van der Waals surface area contributed by atoms with Gasteiger partial charge in [0.1, 0.15) is 0 Å². The van der Waals surface area contributed by atoms with Gasteiger partial charge in [0, 0.05) is 23.3 Å². The summed E-state index contributed by atoms with van der Waals surface area (Å²) < 4.78 is 10.1. The van der Waals surface area contributed by atoms with Crippen molar-refractivity contribution in [1.82, 2.24) is 0 Å². The fourth-order valence-corrected chi connectivity index (χ4v) is 2.58. The van der Waals surface area contributed by atoms with E-state index in [1.54, 1.807) is 12.2 Å². The molecule has 0 amide bonds. The van der Waals surface area contributed by atoms with Crippen LogP contribution in [0.15, 0.2) is 25.3 Å². The first-order chi connectivity index (χ1) is 5.41. The molecule has 0 saturated carbocycles. The van der Waals surface area contributed by atoms with Crippen LogP contribution in [-0.4, -0.2) is 13.2 Å². The maximum Gasteiger partial charge on any atom is 0.0797 e. The first kappa shape index (κ1) is 11.5. The monoisotopic (exact) mass is 210 g/mol. The summed E-state index contributed by atoms with van der Waals surface area (Å²) >= 11 is 2.78. The smallest absolute Gasteiger partial charge is 0.0797 e. The third-order valence-corrected chi connectivity index (χ3v) is 3.54. The SMILES string of the molecule is C=CCOSPSOCC=C. The molecule has 0 aliphatic carbocycles. The van der Waals surface area contributed by atoms with Crippen molar-refractivity contribution in [1.29, 1.82) is 0 Å². The van der Waals surface area contributed by atoms with Crippen LogP contribution in [0.5, 0.6) is 0 Å². The Kier molecular flexibility index (Phi) is 11.0. The fraction of sp³-hybridized carbons (Fsp3) is 0.333. The standard InChI is InChI=1S/C6H11O2PS2/c1-3-5-7-10-9-11-8-6-4-2/h3-4,9H,1-2,5-6H2. The van der Waals surface area contributed by atoms with Crippen LogP contribution in [0.3, 0.4) is 0 Å². The van der Waals surface area contributed by atoms with E-state index in [-0.39, 0.29) is 0 Å². The van der Waals surface area contributed by atoms with Gasteiger partial charge in [-0.2, -0.15) is 0 Å². The summed E-state index contributed by atoms with van der Waals surface area (Å²) in [5, 5.41) is 0. The van der Waals surface area contributed by atoms with Gasteiger partial charge in [0.25, 0.3) is 0 Å². The third-order valence-electron chi connectivity index (χ3n) is 0.558. The average Bonchev–Trinajstić information content (AvgIpc) is 2.03. The van der Waals surface area contributed by atoms with E-state index in [4.69, 9.17) is 8.37 Å². The molecule has 64 valence electrons. The van der Waals surface area contributed by atoms with Crippen LogP contribution < -0.4 is 0 Å². The molecule has 0 saturated heterocycles. The Hall–Kier alpha value is 0.530. The van der Waals surface area contributed by atoms with Crippen molar-refractivity contribution >= 4 is 30.3 Å². The molecule has 0 aromatic heterocycles. The molecular weight excluding hydrogens is 199 g/mol. The zero-order chi connectivity index (χ0) is 8.36. The number of rotatable bonds is 8. The van der Waals surface area contributed by atoms with Crippen molar-refractivity contribution in [2.24, 2.45) is 0 Å². The van der Waals surface area contributed by atoms with Crippen molar-refractivity contribution < 1.29 is 8.37 Å². The molecular formula is C6H11O2PS2. The molecule has 0 unspecified atom stereocenters. The summed E-state index contributed by atoms with van der Waals surface area (Å²) in [7, 11) is 0. The Morgan fingerprint density at radius 3 is 1.91 bits per heavy atom. The highest BCUT2D eigenvalue weighted by molar-refractivity contribution is 8.79. The lowest BCUT2D eigenvalue weighted by Gasteiger charge is -1.98. The first-order valence-electron chi connectivity index (χ1n) is 2.95. The molecule has 0 aliphatic rings. The molecule has 0 radical (unpaired) electrons. The van der Waals surface area contributed by atoms with Crippen LogP contribution in [0, 0.1) is 0 Å². The molecule has 0 spiro atoms. The highest BCUT2D eigenvalue weighted by atomic mass is 33.1. The molecule has 5 heteroatoms. The van der Waals surface area contributed by atoms with Gasteiger partial charge in [-0.15, -0.1) is 13.2 Å². The van der Waals surface area contributed by atoms with E-state index in [2.05, 4.69) is 13.2 Å². The van der Waals surface area contributed by atoms with E-state index in [1.165, 1.54) is 23.3 Å². The second-order valence-electron chi connectivity index (χ2n) is 1.40. The maximum absolute atomic E-state index is 5.05. The molecule has 0 heterocycles. The highest BCUT2D eigenvalue weighted by Crippen LogP contribution is 2.43. The molecule has 11 heavy (non-hydrogen) atoms. The molecule has 2 nitrogen and oxygen atoms in total. The second kappa shape index (κ2) is 10.5. The fourth-order valence-electron chi connectivity index (χ4n) is 0.226. The van der Waals surface area contributed by atoms with Gasteiger partial charge in [-0.05, 0) is 0 Å². The molecule has 0 N–H and O–H groups in total. The van der Waals surface area contributed by atoms with Crippen molar-refractivity contribution in [2.75, 3.05) is 13.2 Å². The Labute approximate surface area is 77.5 Å². The van der Waals surface area contributed by atoms with Crippen LogP contribution in [-0.2, 0) is 8.37 Å². The van der Waals surface area contributed by atoms with Crippen molar-refractivity contribution in [3.05, 3.63) is 25.3 Å². The Morgan fingerprint density at radius 2 is 1.55 bits per heavy atom. The van der Waals surface area contributed by atoms with E-state index < -0.39 is 0 Å². The van der Waals surface area contributed by atoms with Gasteiger partial charge in [-0.3, -0.25) is 0 Å². The zero-order valence-electron chi connectivity index (χ0n) is 6.12. The lowest BCUT2D eigenvalue weighted by atomic mass is 10.7. The maximum atomic E-state index is 5.05. The molecule has 0 bridgehead atoms. The summed E-state index contributed by atoms with van der Waals surface area (Å²) in [6, 6.07) is 0. The summed E-state index contributed by atoms with van der Waals surface area (Å²) in [4.78, 5) is 0. The first-order valence-corrected chi connectivity index (χ1v) is 6.88. The van der Waals surface area contributed by atoms with Crippen LogP contribution in [0.2, 0.25) is 0 Å². The van der Waals surface area contributed by atoms with E-state index in [0.717, 1.165) is 0 Å². The predicted molar refractivity (Wildman–Crippen MR) is 55.8 cm³/mol. The highest BCUT2D eigenvalue weighted by Gasteiger charge is 1.88. The summed E-state index contributed by atoms with van der Waals surface area (Å²) in [6.07, 6.45) is 3.43. The number of hydrogen-bond acceptors (Lipinski definition) is 4. The molecule has 0 aromatic rings. The van der Waals surface area contributed by atoms with Crippen LogP contribution in [0.25, 0.3) is 0 Å². The topological polar surface area (TPSA) is 18.5 Å². The van der Waals surface area contributed by atoms with E-state index >= 15 is 0 Å². The van der Waals surface area contributed by atoms with Gasteiger partial charge in [-0.1, -0.05) is 12.2 Å². The van der Waals surface area contributed by atoms with Gasteiger partial charge >= 0.3 is 0 Å². The molecule has 0 aromatic carbocycles. The summed E-state index contributed by atoms with van der Waals surface area (Å²) in [5.74, 6) is 0. The van der Waals surface area contributed by atoms with Crippen molar-refractivity contribution in [3.8, 4) is 0 Å². The van der Waals surface area contributed by atoms with Gasteiger partial charge in [0.15, 0.2) is 0 Å². The minimum atomic E-state index is 0.545. The van der Waals surface area contributed by atoms with Gasteiger partial charge in [0.05, 0.1) is 20.2 Å².